The molecule has 2 N–H and O–H groups in total. The Bertz CT molecular complexity index is 316. The Morgan fingerprint density at radius 3 is 2.37 bits per heavy atom. The van der Waals surface area contributed by atoms with E-state index in [1.165, 1.54) is 0 Å². The molecule has 2 aliphatic rings. The zero-order valence-electron chi connectivity index (χ0n) is 12.7. The van der Waals surface area contributed by atoms with Crippen LogP contribution in [0.5, 0.6) is 0 Å². The molecule has 19 heavy (non-hydrogen) atoms. The Labute approximate surface area is 117 Å². The second-order valence-electron chi connectivity index (χ2n) is 7.39. The smallest absolute Gasteiger partial charge is 0.223 e. The van der Waals surface area contributed by atoms with Crippen LogP contribution < -0.4 is 5.73 Å². The molecule has 0 aromatic rings. The van der Waals surface area contributed by atoms with Gasteiger partial charge in [0.25, 0.3) is 0 Å². The lowest BCUT2D eigenvalue weighted by molar-refractivity contribution is -0.132. The van der Waals surface area contributed by atoms with Gasteiger partial charge in [-0.25, -0.2) is 0 Å². The molecule has 2 saturated heterocycles. The summed E-state index contributed by atoms with van der Waals surface area (Å²) in [5.74, 6) is 0.323. The summed E-state index contributed by atoms with van der Waals surface area (Å²) in [5, 5.41) is 0. The minimum absolute atomic E-state index is 0.0903. The quantitative estimate of drug-likeness (QED) is 0.824. The van der Waals surface area contributed by atoms with Crippen LogP contribution in [0.1, 0.15) is 46.5 Å². The topological polar surface area (TPSA) is 49.6 Å². The number of likely N-dealkylation sites (tertiary alicyclic amines) is 2. The van der Waals surface area contributed by atoms with Gasteiger partial charge in [-0.15, -0.1) is 0 Å². The summed E-state index contributed by atoms with van der Waals surface area (Å²) in [7, 11) is 0. The number of carbonyl (C=O) groups excluding carboxylic acids is 1. The summed E-state index contributed by atoms with van der Waals surface area (Å²) < 4.78 is 0. The van der Waals surface area contributed by atoms with E-state index in [9.17, 15) is 4.79 Å². The number of rotatable bonds is 2. The fourth-order valence-electron chi connectivity index (χ4n) is 3.12. The molecule has 2 fully saturated rings. The predicted octanol–water partition coefficient (Wildman–Crippen LogP) is 1.45. The lowest BCUT2D eigenvalue weighted by atomic mass is 9.92. The number of hydrogen-bond acceptors (Lipinski definition) is 3. The molecule has 0 spiro atoms. The molecule has 0 aliphatic carbocycles. The third kappa shape index (κ3) is 4.18. The van der Waals surface area contributed by atoms with E-state index in [1.54, 1.807) is 0 Å². The van der Waals surface area contributed by atoms with Gasteiger partial charge in [-0.05, 0) is 37.8 Å². The van der Waals surface area contributed by atoms with Crippen LogP contribution in [0.3, 0.4) is 0 Å². The number of carbonyl (C=O) groups is 1. The van der Waals surface area contributed by atoms with Crippen LogP contribution in [0.25, 0.3) is 0 Å². The molecule has 2 rings (SSSR count). The van der Waals surface area contributed by atoms with Crippen LogP contribution in [0.4, 0.5) is 0 Å². The van der Waals surface area contributed by atoms with Crippen molar-refractivity contribution in [3.05, 3.63) is 0 Å². The van der Waals surface area contributed by atoms with Crippen LogP contribution in [0.2, 0.25) is 0 Å². The van der Waals surface area contributed by atoms with Crippen LogP contribution in [-0.4, -0.2) is 54.0 Å². The highest BCUT2D eigenvalue weighted by atomic mass is 16.2. The number of piperidine rings is 1. The fraction of sp³-hybridized carbons (Fsp3) is 0.933. The summed E-state index contributed by atoms with van der Waals surface area (Å²) >= 11 is 0. The number of nitrogens with zero attached hydrogens (tertiary/aromatic N) is 2. The van der Waals surface area contributed by atoms with Crippen molar-refractivity contribution >= 4 is 5.91 Å². The Morgan fingerprint density at radius 1 is 1.16 bits per heavy atom. The van der Waals surface area contributed by atoms with E-state index in [0.717, 1.165) is 45.4 Å². The second-order valence-corrected chi connectivity index (χ2v) is 7.39. The molecule has 0 saturated carbocycles. The first-order chi connectivity index (χ1) is 8.85. The first-order valence-electron chi connectivity index (χ1n) is 7.62. The van der Waals surface area contributed by atoms with E-state index in [1.807, 2.05) is 0 Å². The summed E-state index contributed by atoms with van der Waals surface area (Å²) in [6.45, 7) is 10.5. The third-order valence-electron chi connectivity index (χ3n) is 4.29. The predicted molar refractivity (Wildman–Crippen MR) is 77.8 cm³/mol. The van der Waals surface area contributed by atoms with Crippen molar-refractivity contribution < 1.29 is 4.79 Å². The molecule has 4 heteroatoms. The van der Waals surface area contributed by atoms with Gasteiger partial charge in [0.2, 0.25) is 5.91 Å². The van der Waals surface area contributed by atoms with E-state index in [4.69, 9.17) is 5.73 Å². The van der Waals surface area contributed by atoms with Crippen molar-refractivity contribution in [2.24, 2.45) is 11.1 Å². The molecule has 2 heterocycles. The molecule has 2 aliphatic heterocycles. The molecule has 1 unspecified atom stereocenters. The molecule has 4 nitrogen and oxygen atoms in total. The van der Waals surface area contributed by atoms with Crippen molar-refractivity contribution in [2.45, 2.75) is 58.5 Å². The van der Waals surface area contributed by atoms with Crippen molar-refractivity contribution in [3.8, 4) is 0 Å². The zero-order chi connectivity index (χ0) is 14.0. The van der Waals surface area contributed by atoms with Crippen LogP contribution in [0.15, 0.2) is 0 Å². The van der Waals surface area contributed by atoms with Gasteiger partial charge in [-0.3, -0.25) is 9.69 Å². The zero-order valence-corrected chi connectivity index (χ0v) is 12.7. The third-order valence-corrected chi connectivity index (χ3v) is 4.29. The standard InChI is InChI=1S/C15H29N3O/c1-15(2,3)10-14(19)18-9-6-13(11-18)17-7-4-12(16)5-8-17/h12-13H,4-11,16H2,1-3H3. The Kier molecular flexibility index (Phi) is 4.51. The first-order valence-corrected chi connectivity index (χ1v) is 7.62. The highest BCUT2D eigenvalue weighted by Crippen LogP contribution is 2.24. The Morgan fingerprint density at radius 2 is 1.79 bits per heavy atom. The Balaban J connectivity index is 1.81. The van der Waals surface area contributed by atoms with Gasteiger partial charge >= 0.3 is 0 Å². The number of amides is 1. The van der Waals surface area contributed by atoms with Gasteiger partial charge < -0.3 is 10.6 Å². The van der Waals surface area contributed by atoms with Crippen molar-refractivity contribution in [2.75, 3.05) is 26.2 Å². The van der Waals surface area contributed by atoms with Gasteiger partial charge in [0, 0.05) is 31.6 Å². The minimum atomic E-state index is 0.0903. The molecular weight excluding hydrogens is 238 g/mol. The van der Waals surface area contributed by atoms with Crippen LogP contribution in [-0.2, 0) is 4.79 Å². The van der Waals surface area contributed by atoms with E-state index < -0.39 is 0 Å². The maximum absolute atomic E-state index is 12.2. The fourth-order valence-corrected chi connectivity index (χ4v) is 3.12. The lowest BCUT2D eigenvalue weighted by Gasteiger charge is -2.34. The molecule has 110 valence electrons. The summed E-state index contributed by atoms with van der Waals surface area (Å²) in [5.41, 5.74) is 6.04. The van der Waals surface area contributed by atoms with Crippen molar-refractivity contribution in [3.63, 3.8) is 0 Å². The molecule has 1 atom stereocenters. The first kappa shape index (κ1) is 14.8. The molecule has 0 bridgehead atoms. The second kappa shape index (κ2) is 5.80. The van der Waals surface area contributed by atoms with Gasteiger partial charge in [-0.2, -0.15) is 0 Å². The lowest BCUT2D eigenvalue weighted by Crippen LogP contribution is -2.46. The molecular formula is C15H29N3O. The maximum atomic E-state index is 12.2. The largest absolute Gasteiger partial charge is 0.341 e. The normalized spacial score (nSPS) is 26.9. The molecule has 0 radical (unpaired) electrons. The van der Waals surface area contributed by atoms with Gasteiger partial charge in [0.1, 0.15) is 0 Å². The van der Waals surface area contributed by atoms with E-state index >= 15 is 0 Å². The van der Waals surface area contributed by atoms with E-state index in [0.29, 0.717) is 24.4 Å². The van der Waals surface area contributed by atoms with Crippen LogP contribution in [0, 0.1) is 5.41 Å². The highest BCUT2D eigenvalue weighted by Gasteiger charge is 2.32. The van der Waals surface area contributed by atoms with Crippen LogP contribution >= 0.6 is 0 Å². The van der Waals surface area contributed by atoms with E-state index in [-0.39, 0.29) is 5.41 Å². The average Bonchev–Trinajstić information content (AvgIpc) is 2.77. The van der Waals surface area contributed by atoms with Gasteiger partial charge in [0.15, 0.2) is 0 Å². The molecule has 1 amide bonds. The molecule has 0 aromatic heterocycles. The molecule has 0 aromatic carbocycles. The summed E-state index contributed by atoms with van der Waals surface area (Å²) in [4.78, 5) is 16.8. The van der Waals surface area contributed by atoms with Gasteiger partial charge in [0.05, 0.1) is 0 Å². The van der Waals surface area contributed by atoms with E-state index in [2.05, 4.69) is 30.6 Å². The summed E-state index contributed by atoms with van der Waals surface area (Å²) in [6, 6.07) is 0.952. The van der Waals surface area contributed by atoms with Crippen molar-refractivity contribution in [1.82, 2.24) is 9.80 Å². The SMILES string of the molecule is CC(C)(C)CC(=O)N1CCC(N2CCC(N)CC2)C1. The minimum Gasteiger partial charge on any atom is -0.341 e. The monoisotopic (exact) mass is 267 g/mol. The highest BCUT2D eigenvalue weighted by molar-refractivity contribution is 5.77. The van der Waals surface area contributed by atoms with Crippen molar-refractivity contribution in [1.29, 1.82) is 0 Å². The Hall–Kier alpha value is -0.610. The maximum Gasteiger partial charge on any atom is 0.223 e. The number of hydrogen-bond donors (Lipinski definition) is 1. The summed E-state index contributed by atoms with van der Waals surface area (Å²) in [6.07, 6.45) is 3.99. The number of nitrogens with two attached hydrogens (primary N) is 1. The van der Waals surface area contributed by atoms with Gasteiger partial charge in [-0.1, -0.05) is 20.8 Å². The average molecular weight is 267 g/mol.